The quantitative estimate of drug-likeness (QED) is 0.265. The number of tetrazole rings is 1. The molecular weight excluding hydrogens is 482 g/mol. The van der Waals surface area contributed by atoms with Gasteiger partial charge in [-0.25, -0.2) is 4.39 Å². The summed E-state index contributed by atoms with van der Waals surface area (Å²) < 4.78 is 57.9. The molecule has 0 amide bonds. The lowest BCUT2D eigenvalue weighted by molar-refractivity contribution is -0.137. The van der Waals surface area contributed by atoms with Crippen LogP contribution in [0.4, 0.5) is 17.6 Å². The number of alkyl halides is 3. The molecule has 1 aliphatic carbocycles. The van der Waals surface area contributed by atoms with Gasteiger partial charge in [0.05, 0.1) is 22.6 Å². The average Bonchev–Trinajstić information content (AvgIpc) is 3.35. The van der Waals surface area contributed by atoms with Gasteiger partial charge in [-0.1, -0.05) is 35.5 Å². The molecule has 1 saturated carbocycles. The molecule has 1 fully saturated rings. The minimum absolute atomic E-state index is 0.0479. The standard InChI is InChI=1S/C20H14ClF4N7S/c21-11-5-8-16(14(9-11)20(23,24)25)32-17(26-29-30-32)10-33-19-28-27-18(31(19)12-6-7-12)13-3-1-2-4-15(13)22/h1-5,8-9,12H,6-7,10H2. The smallest absolute Gasteiger partial charge is 0.299 e. The van der Waals surface area contributed by atoms with E-state index >= 15 is 0 Å². The number of hydrogen-bond acceptors (Lipinski definition) is 6. The summed E-state index contributed by atoms with van der Waals surface area (Å²) in [6.07, 6.45) is -2.83. The van der Waals surface area contributed by atoms with Gasteiger partial charge in [0, 0.05) is 11.1 Å². The fourth-order valence-electron chi connectivity index (χ4n) is 3.40. The van der Waals surface area contributed by atoms with Crippen LogP contribution in [0.25, 0.3) is 17.1 Å². The second kappa shape index (κ2) is 8.41. The van der Waals surface area contributed by atoms with E-state index in [4.69, 9.17) is 11.6 Å². The van der Waals surface area contributed by atoms with E-state index in [1.54, 1.807) is 18.2 Å². The predicted octanol–water partition coefficient (Wildman–Crippen LogP) is 5.36. The van der Waals surface area contributed by atoms with Crippen LogP contribution in [0.15, 0.2) is 47.6 Å². The van der Waals surface area contributed by atoms with Gasteiger partial charge in [0.2, 0.25) is 0 Å². The van der Waals surface area contributed by atoms with Crippen molar-refractivity contribution in [2.24, 2.45) is 0 Å². The van der Waals surface area contributed by atoms with Crippen LogP contribution in [-0.4, -0.2) is 35.0 Å². The van der Waals surface area contributed by atoms with Gasteiger partial charge in [0.15, 0.2) is 16.8 Å². The lowest BCUT2D eigenvalue weighted by Crippen LogP contribution is -2.13. The second-order valence-corrected chi connectivity index (χ2v) is 8.72. The summed E-state index contributed by atoms with van der Waals surface area (Å²) >= 11 is 6.99. The summed E-state index contributed by atoms with van der Waals surface area (Å²) in [5.41, 5.74) is -0.843. The van der Waals surface area contributed by atoms with E-state index < -0.39 is 17.6 Å². The summed E-state index contributed by atoms with van der Waals surface area (Å²) in [5.74, 6) is 0.310. The number of aromatic nitrogens is 7. The van der Waals surface area contributed by atoms with Crippen molar-refractivity contribution in [3.05, 3.63) is 64.7 Å². The third kappa shape index (κ3) is 4.32. The fourth-order valence-corrected chi connectivity index (χ4v) is 4.48. The molecule has 2 heterocycles. The summed E-state index contributed by atoms with van der Waals surface area (Å²) in [4.78, 5) is 0. The van der Waals surface area contributed by atoms with Gasteiger partial charge >= 0.3 is 6.18 Å². The van der Waals surface area contributed by atoms with Crippen molar-refractivity contribution in [1.29, 1.82) is 0 Å². The molecule has 4 aromatic rings. The number of hydrogen-bond donors (Lipinski definition) is 0. The van der Waals surface area contributed by atoms with Gasteiger partial charge in [-0.2, -0.15) is 17.9 Å². The molecule has 33 heavy (non-hydrogen) atoms. The Labute approximate surface area is 193 Å². The predicted molar refractivity (Wildman–Crippen MR) is 112 cm³/mol. The van der Waals surface area contributed by atoms with Crippen LogP contribution in [-0.2, 0) is 11.9 Å². The molecule has 0 aliphatic heterocycles. The zero-order valence-corrected chi connectivity index (χ0v) is 18.2. The Morgan fingerprint density at radius 1 is 1.06 bits per heavy atom. The molecule has 0 unspecified atom stereocenters. The molecule has 2 aromatic heterocycles. The van der Waals surface area contributed by atoms with Crippen molar-refractivity contribution in [3.63, 3.8) is 0 Å². The average molecular weight is 496 g/mol. The normalized spacial score (nSPS) is 14.1. The Morgan fingerprint density at radius 2 is 1.85 bits per heavy atom. The first-order valence-electron chi connectivity index (χ1n) is 9.80. The van der Waals surface area contributed by atoms with Crippen molar-refractivity contribution in [2.45, 2.75) is 36.0 Å². The van der Waals surface area contributed by atoms with E-state index in [0.29, 0.717) is 16.5 Å². The molecule has 0 atom stereocenters. The molecular formula is C20H14ClF4N7S. The summed E-state index contributed by atoms with van der Waals surface area (Å²) in [5, 5.41) is 20.0. The first kappa shape index (κ1) is 21.8. The minimum Gasteiger partial charge on any atom is -0.299 e. The van der Waals surface area contributed by atoms with Gasteiger partial charge in [-0.3, -0.25) is 4.57 Å². The molecule has 7 nitrogen and oxygen atoms in total. The number of halogens is 5. The Morgan fingerprint density at radius 3 is 2.58 bits per heavy atom. The molecule has 1 aliphatic rings. The van der Waals surface area contributed by atoms with Crippen molar-refractivity contribution >= 4 is 23.4 Å². The van der Waals surface area contributed by atoms with Gasteiger partial charge < -0.3 is 0 Å². The van der Waals surface area contributed by atoms with Crippen LogP contribution in [0.5, 0.6) is 0 Å². The first-order valence-corrected chi connectivity index (χ1v) is 11.2. The summed E-state index contributed by atoms with van der Waals surface area (Å²) in [6, 6.07) is 9.83. The number of benzene rings is 2. The zero-order chi connectivity index (χ0) is 23.2. The zero-order valence-electron chi connectivity index (χ0n) is 16.7. The maximum absolute atomic E-state index is 14.3. The van der Waals surface area contributed by atoms with Crippen LogP contribution in [0.2, 0.25) is 5.02 Å². The van der Waals surface area contributed by atoms with E-state index in [-0.39, 0.29) is 28.3 Å². The second-order valence-electron chi connectivity index (χ2n) is 7.34. The minimum atomic E-state index is -4.64. The third-order valence-electron chi connectivity index (χ3n) is 5.05. The maximum Gasteiger partial charge on any atom is 0.418 e. The van der Waals surface area contributed by atoms with Crippen LogP contribution < -0.4 is 0 Å². The fraction of sp³-hybridized carbons (Fsp3) is 0.250. The van der Waals surface area contributed by atoms with E-state index in [1.165, 1.54) is 30.0 Å². The van der Waals surface area contributed by atoms with Crippen molar-refractivity contribution in [1.82, 2.24) is 35.0 Å². The van der Waals surface area contributed by atoms with Crippen molar-refractivity contribution in [3.8, 4) is 17.1 Å². The number of thioether (sulfide) groups is 1. The highest BCUT2D eigenvalue weighted by atomic mass is 35.5. The monoisotopic (exact) mass is 495 g/mol. The van der Waals surface area contributed by atoms with Crippen LogP contribution >= 0.6 is 23.4 Å². The summed E-state index contributed by atoms with van der Waals surface area (Å²) in [6.45, 7) is 0. The van der Waals surface area contributed by atoms with Gasteiger partial charge in [0.1, 0.15) is 5.82 Å². The topological polar surface area (TPSA) is 74.3 Å². The van der Waals surface area contributed by atoms with E-state index in [9.17, 15) is 17.6 Å². The highest BCUT2D eigenvalue weighted by Gasteiger charge is 2.35. The molecule has 0 bridgehead atoms. The highest BCUT2D eigenvalue weighted by Crippen LogP contribution is 2.42. The number of rotatable bonds is 6. The molecule has 170 valence electrons. The van der Waals surface area contributed by atoms with Crippen LogP contribution in [0.1, 0.15) is 30.3 Å². The molecule has 5 rings (SSSR count). The number of nitrogens with zero attached hydrogens (tertiary/aromatic N) is 7. The van der Waals surface area contributed by atoms with E-state index in [1.807, 2.05) is 4.57 Å². The molecule has 0 N–H and O–H groups in total. The third-order valence-corrected chi connectivity index (χ3v) is 6.22. The molecule has 0 saturated heterocycles. The van der Waals surface area contributed by atoms with Crippen molar-refractivity contribution < 1.29 is 17.6 Å². The van der Waals surface area contributed by atoms with E-state index in [0.717, 1.165) is 23.6 Å². The van der Waals surface area contributed by atoms with E-state index in [2.05, 4.69) is 25.7 Å². The van der Waals surface area contributed by atoms with Gasteiger partial charge in [-0.15, -0.1) is 15.3 Å². The Balaban J connectivity index is 1.46. The maximum atomic E-state index is 14.3. The molecule has 2 aromatic carbocycles. The first-order chi connectivity index (χ1) is 15.8. The van der Waals surface area contributed by atoms with Crippen LogP contribution in [0.3, 0.4) is 0 Å². The lowest BCUT2D eigenvalue weighted by atomic mass is 10.1. The van der Waals surface area contributed by atoms with Gasteiger partial charge in [-0.05, 0) is 53.6 Å². The van der Waals surface area contributed by atoms with Gasteiger partial charge in [0.25, 0.3) is 0 Å². The Bertz CT molecular complexity index is 1320. The van der Waals surface area contributed by atoms with Crippen LogP contribution in [0, 0.1) is 5.82 Å². The molecule has 13 heteroatoms. The molecule has 0 radical (unpaired) electrons. The summed E-state index contributed by atoms with van der Waals surface area (Å²) in [7, 11) is 0. The Kier molecular flexibility index (Phi) is 5.57. The Hall–Kier alpha value is -2.99. The lowest BCUT2D eigenvalue weighted by Gasteiger charge is -2.14. The SMILES string of the molecule is Fc1ccccc1-c1nnc(SCc2nnnn2-c2ccc(Cl)cc2C(F)(F)F)n1C1CC1. The highest BCUT2D eigenvalue weighted by molar-refractivity contribution is 7.98. The van der Waals surface area contributed by atoms with Crippen molar-refractivity contribution in [2.75, 3.05) is 0 Å². The molecule has 0 spiro atoms. The largest absolute Gasteiger partial charge is 0.418 e.